The summed E-state index contributed by atoms with van der Waals surface area (Å²) in [5, 5.41) is 9.48. The second-order valence-corrected chi connectivity index (χ2v) is 5.86. The van der Waals surface area contributed by atoms with E-state index >= 15 is 0 Å². The predicted molar refractivity (Wildman–Crippen MR) is 75.8 cm³/mol. The van der Waals surface area contributed by atoms with E-state index in [1.807, 2.05) is 12.1 Å². The highest BCUT2D eigenvalue weighted by molar-refractivity contribution is 9.10. The van der Waals surface area contributed by atoms with Crippen molar-refractivity contribution in [3.63, 3.8) is 0 Å². The van der Waals surface area contributed by atoms with Crippen LogP contribution in [0.5, 0.6) is 5.75 Å². The van der Waals surface area contributed by atoms with Gasteiger partial charge in [0.1, 0.15) is 5.75 Å². The van der Waals surface area contributed by atoms with Crippen molar-refractivity contribution in [3.05, 3.63) is 28.2 Å². The fraction of sp³-hybridized carbons (Fsp3) is 0.571. The van der Waals surface area contributed by atoms with Crippen molar-refractivity contribution in [2.24, 2.45) is 5.92 Å². The summed E-state index contributed by atoms with van der Waals surface area (Å²) in [5.41, 5.74) is 1.17. The van der Waals surface area contributed by atoms with Gasteiger partial charge in [-0.15, -0.1) is 0 Å². The van der Waals surface area contributed by atoms with Gasteiger partial charge in [-0.1, -0.05) is 22.9 Å². The molecule has 0 radical (unpaired) electrons. The summed E-state index contributed by atoms with van der Waals surface area (Å²) in [6.45, 7) is 4.32. The molecule has 2 atom stereocenters. The lowest BCUT2D eigenvalue weighted by atomic mass is 10.0. The molecule has 100 valence electrons. The zero-order valence-electron chi connectivity index (χ0n) is 10.9. The number of hydrogen-bond donors (Lipinski definition) is 1. The minimum absolute atomic E-state index is 0.234. The number of aliphatic hydroxyl groups excluding tert-OH is 1. The number of likely N-dealkylation sites (tertiary alicyclic amines) is 1. The van der Waals surface area contributed by atoms with Crippen molar-refractivity contribution in [2.45, 2.75) is 25.9 Å². The van der Waals surface area contributed by atoms with Gasteiger partial charge in [0.25, 0.3) is 0 Å². The van der Waals surface area contributed by atoms with Crippen LogP contribution in [0.4, 0.5) is 0 Å². The summed E-state index contributed by atoms with van der Waals surface area (Å²) in [6.07, 6.45) is 1.15. The van der Waals surface area contributed by atoms with Gasteiger partial charge in [-0.05, 0) is 37.1 Å². The monoisotopic (exact) mass is 313 g/mol. The van der Waals surface area contributed by atoms with E-state index in [1.165, 1.54) is 5.56 Å². The van der Waals surface area contributed by atoms with Crippen LogP contribution < -0.4 is 4.74 Å². The van der Waals surface area contributed by atoms with Crippen molar-refractivity contribution in [1.29, 1.82) is 0 Å². The lowest BCUT2D eigenvalue weighted by Crippen LogP contribution is -2.34. The molecule has 0 aromatic heterocycles. The van der Waals surface area contributed by atoms with E-state index in [0.717, 1.165) is 29.7 Å². The van der Waals surface area contributed by atoms with E-state index in [1.54, 1.807) is 7.11 Å². The van der Waals surface area contributed by atoms with E-state index in [9.17, 15) is 5.11 Å². The molecule has 1 aromatic carbocycles. The minimum Gasteiger partial charge on any atom is -0.496 e. The third kappa shape index (κ3) is 2.87. The summed E-state index contributed by atoms with van der Waals surface area (Å²) < 4.78 is 6.46. The average Bonchev–Trinajstić information content (AvgIpc) is 2.70. The van der Waals surface area contributed by atoms with Crippen LogP contribution in [0.1, 0.15) is 18.9 Å². The molecule has 18 heavy (non-hydrogen) atoms. The Morgan fingerprint density at radius 2 is 2.28 bits per heavy atom. The zero-order chi connectivity index (χ0) is 13.1. The van der Waals surface area contributed by atoms with Gasteiger partial charge in [0, 0.05) is 22.6 Å². The number of ether oxygens (including phenoxy) is 1. The first kappa shape index (κ1) is 13.8. The molecule has 1 aliphatic rings. The normalized spacial score (nSPS) is 24.4. The molecule has 1 aliphatic heterocycles. The molecule has 2 unspecified atom stereocenters. The Bertz CT molecular complexity index is 411. The number of benzene rings is 1. The molecular formula is C14H20BrNO2. The van der Waals surface area contributed by atoms with Gasteiger partial charge in [-0.25, -0.2) is 0 Å². The SMILES string of the molecule is COc1ccc(Br)cc1CN1CCC(C)C1CO. The summed E-state index contributed by atoms with van der Waals surface area (Å²) in [5.74, 6) is 1.47. The maximum Gasteiger partial charge on any atom is 0.123 e. The molecular weight excluding hydrogens is 294 g/mol. The lowest BCUT2D eigenvalue weighted by molar-refractivity contribution is 0.133. The summed E-state index contributed by atoms with van der Waals surface area (Å²) in [4.78, 5) is 2.34. The number of hydrogen-bond acceptors (Lipinski definition) is 3. The van der Waals surface area contributed by atoms with E-state index in [0.29, 0.717) is 5.92 Å². The Balaban J connectivity index is 2.16. The third-order valence-electron chi connectivity index (χ3n) is 3.80. The first-order valence-corrected chi connectivity index (χ1v) is 7.12. The smallest absolute Gasteiger partial charge is 0.123 e. The molecule has 0 spiro atoms. The van der Waals surface area contributed by atoms with Crippen molar-refractivity contribution >= 4 is 15.9 Å². The predicted octanol–water partition coefficient (Wildman–Crippen LogP) is 2.66. The first-order valence-electron chi connectivity index (χ1n) is 6.33. The average molecular weight is 314 g/mol. The van der Waals surface area contributed by atoms with E-state index < -0.39 is 0 Å². The number of halogens is 1. The zero-order valence-corrected chi connectivity index (χ0v) is 12.5. The Kier molecular flexibility index (Phi) is 4.65. The molecule has 2 rings (SSSR count). The molecule has 0 saturated carbocycles. The van der Waals surface area contributed by atoms with Gasteiger partial charge in [-0.3, -0.25) is 4.90 Å². The fourth-order valence-corrected chi connectivity index (χ4v) is 3.08. The first-order chi connectivity index (χ1) is 8.65. The molecule has 0 aliphatic carbocycles. The van der Waals surface area contributed by atoms with Crippen molar-refractivity contribution < 1.29 is 9.84 Å². The van der Waals surface area contributed by atoms with Crippen LogP contribution in [-0.2, 0) is 6.54 Å². The highest BCUT2D eigenvalue weighted by Gasteiger charge is 2.30. The van der Waals surface area contributed by atoms with Crippen LogP contribution in [0.3, 0.4) is 0 Å². The highest BCUT2D eigenvalue weighted by atomic mass is 79.9. The molecule has 0 bridgehead atoms. The summed E-state index contributed by atoms with van der Waals surface area (Å²) >= 11 is 3.50. The Hall–Kier alpha value is -0.580. The Morgan fingerprint density at radius 3 is 2.94 bits per heavy atom. The van der Waals surface area contributed by atoms with Gasteiger partial charge in [0.15, 0.2) is 0 Å². The molecule has 1 saturated heterocycles. The van der Waals surface area contributed by atoms with Crippen LogP contribution in [0.15, 0.2) is 22.7 Å². The van der Waals surface area contributed by atoms with Crippen LogP contribution in [0.2, 0.25) is 0 Å². The topological polar surface area (TPSA) is 32.7 Å². The van der Waals surface area contributed by atoms with E-state index in [-0.39, 0.29) is 12.6 Å². The second kappa shape index (κ2) is 6.04. The number of nitrogens with zero attached hydrogens (tertiary/aromatic N) is 1. The maximum atomic E-state index is 9.48. The number of methoxy groups -OCH3 is 1. The van der Waals surface area contributed by atoms with Crippen LogP contribution >= 0.6 is 15.9 Å². The van der Waals surface area contributed by atoms with Crippen LogP contribution in [-0.4, -0.2) is 36.3 Å². The third-order valence-corrected chi connectivity index (χ3v) is 4.29. The van der Waals surface area contributed by atoms with Gasteiger partial charge in [-0.2, -0.15) is 0 Å². The van der Waals surface area contributed by atoms with Crippen molar-refractivity contribution in [1.82, 2.24) is 4.90 Å². The Morgan fingerprint density at radius 1 is 1.50 bits per heavy atom. The molecule has 1 N–H and O–H groups in total. The lowest BCUT2D eigenvalue weighted by Gasteiger charge is -2.25. The Labute approximate surface area is 117 Å². The van der Waals surface area contributed by atoms with E-state index in [2.05, 4.69) is 33.8 Å². The molecule has 1 heterocycles. The van der Waals surface area contributed by atoms with Crippen molar-refractivity contribution in [2.75, 3.05) is 20.3 Å². The second-order valence-electron chi connectivity index (χ2n) is 4.94. The van der Waals surface area contributed by atoms with Gasteiger partial charge in [0.2, 0.25) is 0 Å². The van der Waals surface area contributed by atoms with Crippen molar-refractivity contribution in [3.8, 4) is 5.75 Å². The largest absolute Gasteiger partial charge is 0.496 e. The quantitative estimate of drug-likeness (QED) is 0.927. The highest BCUT2D eigenvalue weighted by Crippen LogP contribution is 2.29. The fourth-order valence-electron chi connectivity index (χ4n) is 2.67. The standard InChI is InChI=1S/C14H20BrNO2/c1-10-5-6-16(13(10)9-17)8-11-7-12(15)3-4-14(11)18-2/h3-4,7,10,13,17H,5-6,8-9H2,1-2H3. The van der Waals surface area contributed by atoms with Crippen LogP contribution in [0, 0.1) is 5.92 Å². The summed E-state index contributed by atoms with van der Waals surface area (Å²) in [6, 6.07) is 6.33. The minimum atomic E-state index is 0.234. The maximum absolute atomic E-state index is 9.48. The number of rotatable bonds is 4. The van der Waals surface area contributed by atoms with Gasteiger partial charge in [0.05, 0.1) is 13.7 Å². The molecule has 4 heteroatoms. The molecule has 3 nitrogen and oxygen atoms in total. The van der Waals surface area contributed by atoms with Gasteiger partial charge >= 0.3 is 0 Å². The van der Waals surface area contributed by atoms with E-state index in [4.69, 9.17) is 4.74 Å². The summed E-state index contributed by atoms with van der Waals surface area (Å²) in [7, 11) is 1.70. The van der Waals surface area contributed by atoms with Crippen LogP contribution in [0.25, 0.3) is 0 Å². The molecule has 0 amide bonds. The molecule has 1 fully saturated rings. The molecule has 1 aromatic rings. The van der Waals surface area contributed by atoms with Gasteiger partial charge < -0.3 is 9.84 Å². The number of aliphatic hydroxyl groups is 1.